The average molecular weight is 299 g/mol. The molecular weight excluding hydrogens is 284 g/mol. The highest BCUT2D eigenvalue weighted by Crippen LogP contribution is 2.28. The van der Waals surface area contributed by atoms with E-state index in [1.807, 2.05) is 37.3 Å². The van der Waals surface area contributed by atoms with E-state index >= 15 is 0 Å². The van der Waals surface area contributed by atoms with E-state index in [1.165, 1.54) is 0 Å². The smallest absolute Gasteiger partial charge is 0.248 e. The topological polar surface area (TPSA) is 32.7 Å². The van der Waals surface area contributed by atoms with Crippen molar-refractivity contribution in [3.63, 3.8) is 0 Å². The molecule has 0 radical (unpaired) electrons. The molecule has 106 valence electrons. The number of fused-ring (bicyclic) bond motifs is 1. The van der Waals surface area contributed by atoms with Crippen molar-refractivity contribution >= 4 is 28.9 Å². The predicted molar refractivity (Wildman–Crippen MR) is 86.5 cm³/mol. The fraction of sp³-hybridized carbons (Fsp3) is 0.176. The van der Waals surface area contributed by atoms with Gasteiger partial charge in [0.25, 0.3) is 0 Å². The van der Waals surface area contributed by atoms with Crippen LogP contribution in [0, 0.1) is 6.92 Å². The van der Waals surface area contributed by atoms with Crippen molar-refractivity contribution < 1.29 is 4.79 Å². The molecule has 4 heteroatoms. The molecule has 0 atom stereocenters. The van der Waals surface area contributed by atoms with Crippen LogP contribution in [0.25, 0.3) is 0 Å². The minimum Gasteiger partial charge on any atom is -0.313 e. The lowest BCUT2D eigenvalue weighted by molar-refractivity contribution is -0.116. The SMILES string of the molecule is Cc1cccc(C2=NCC(=O)N(C)c3ccc(Cl)cc32)c1. The van der Waals surface area contributed by atoms with Gasteiger partial charge < -0.3 is 4.90 Å². The van der Waals surface area contributed by atoms with Crippen molar-refractivity contribution in [3.8, 4) is 0 Å². The minimum atomic E-state index is -0.0266. The number of anilines is 1. The van der Waals surface area contributed by atoms with Crippen LogP contribution < -0.4 is 4.90 Å². The Hall–Kier alpha value is -2.13. The van der Waals surface area contributed by atoms with Gasteiger partial charge in [-0.15, -0.1) is 0 Å². The number of benzodiazepines with no additional fused rings is 1. The standard InChI is InChI=1S/C17H15ClN2O/c1-11-4-3-5-12(8-11)17-14-9-13(18)6-7-15(14)20(2)16(21)10-19-17/h3-9H,10H2,1-2H3. The molecule has 0 spiro atoms. The largest absolute Gasteiger partial charge is 0.313 e. The van der Waals surface area contributed by atoms with Crippen LogP contribution >= 0.6 is 11.6 Å². The maximum absolute atomic E-state index is 12.1. The molecule has 0 saturated heterocycles. The number of rotatable bonds is 1. The fourth-order valence-electron chi connectivity index (χ4n) is 2.50. The molecule has 2 aromatic carbocycles. The van der Waals surface area contributed by atoms with Gasteiger partial charge in [0, 0.05) is 23.2 Å². The molecule has 3 nitrogen and oxygen atoms in total. The van der Waals surface area contributed by atoms with Gasteiger partial charge in [0.05, 0.1) is 11.4 Å². The first-order chi connectivity index (χ1) is 10.1. The molecular formula is C17H15ClN2O. The zero-order valence-electron chi connectivity index (χ0n) is 11.9. The number of carbonyl (C=O) groups excluding carboxylic acids is 1. The molecule has 21 heavy (non-hydrogen) atoms. The summed E-state index contributed by atoms with van der Waals surface area (Å²) in [5, 5.41) is 0.636. The van der Waals surface area contributed by atoms with Crippen molar-refractivity contribution in [3.05, 3.63) is 64.2 Å². The van der Waals surface area contributed by atoms with Gasteiger partial charge in [-0.3, -0.25) is 9.79 Å². The van der Waals surface area contributed by atoms with Gasteiger partial charge in [0.2, 0.25) is 5.91 Å². The maximum atomic E-state index is 12.1. The molecule has 0 aromatic heterocycles. The van der Waals surface area contributed by atoms with Gasteiger partial charge in [-0.05, 0) is 31.2 Å². The number of nitrogens with zero attached hydrogens (tertiary/aromatic N) is 2. The Morgan fingerprint density at radius 1 is 1.19 bits per heavy atom. The average Bonchev–Trinajstić information content (AvgIpc) is 2.57. The molecule has 3 rings (SSSR count). The number of hydrogen-bond acceptors (Lipinski definition) is 2. The molecule has 1 aliphatic heterocycles. The first-order valence-electron chi connectivity index (χ1n) is 6.74. The first-order valence-corrected chi connectivity index (χ1v) is 7.12. The summed E-state index contributed by atoms with van der Waals surface area (Å²) in [7, 11) is 1.77. The lowest BCUT2D eigenvalue weighted by Crippen LogP contribution is -2.27. The van der Waals surface area contributed by atoms with E-state index in [-0.39, 0.29) is 12.5 Å². The van der Waals surface area contributed by atoms with Gasteiger partial charge >= 0.3 is 0 Å². The van der Waals surface area contributed by atoms with E-state index in [0.29, 0.717) is 5.02 Å². The lowest BCUT2D eigenvalue weighted by Gasteiger charge is -2.18. The Bertz CT molecular complexity index is 752. The van der Waals surface area contributed by atoms with Crippen LogP contribution in [0.1, 0.15) is 16.7 Å². The third kappa shape index (κ3) is 2.57. The lowest BCUT2D eigenvalue weighted by atomic mass is 9.99. The third-order valence-corrected chi connectivity index (χ3v) is 3.85. The Kier molecular flexibility index (Phi) is 3.52. The van der Waals surface area contributed by atoms with Gasteiger partial charge in [-0.25, -0.2) is 0 Å². The van der Waals surface area contributed by atoms with Gasteiger partial charge in [0.15, 0.2) is 0 Å². The summed E-state index contributed by atoms with van der Waals surface area (Å²) in [6, 6.07) is 13.6. The van der Waals surface area contributed by atoms with E-state index in [9.17, 15) is 4.79 Å². The fourth-order valence-corrected chi connectivity index (χ4v) is 2.67. The van der Waals surface area contributed by atoms with Crippen molar-refractivity contribution in [1.82, 2.24) is 0 Å². The Morgan fingerprint density at radius 3 is 2.76 bits per heavy atom. The summed E-state index contributed by atoms with van der Waals surface area (Å²) in [6.45, 7) is 2.18. The number of aliphatic imine (C=N–C) groups is 1. The molecule has 0 unspecified atom stereocenters. The van der Waals surface area contributed by atoms with Crippen LogP contribution in [0.15, 0.2) is 47.5 Å². The van der Waals surface area contributed by atoms with Crippen LogP contribution in [0.2, 0.25) is 5.02 Å². The second-order valence-electron chi connectivity index (χ2n) is 5.15. The highest BCUT2D eigenvalue weighted by atomic mass is 35.5. The zero-order valence-corrected chi connectivity index (χ0v) is 12.7. The quantitative estimate of drug-likeness (QED) is 0.793. The third-order valence-electron chi connectivity index (χ3n) is 3.61. The number of amides is 1. The van der Waals surface area contributed by atoms with Crippen molar-refractivity contribution in [1.29, 1.82) is 0 Å². The van der Waals surface area contributed by atoms with Gasteiger partial charge in [0.1, 0.15) is 6.54 Å². The Morgan fingerprint density at radius 2 is 2.00 bits per heavy atom. The number of benzene rings is 2. The van der Waals surface area contributed by atoms with Crippen LogP contribution in [0.3, 0.4) is 0 Å². The van der Waals surface area contributed by atoms with E-state index in [2.05, 4.69) is 11.1 Å². The Balaban J connectivity index is 2.23. The normalized spacial score (nSPS) is 14.5. The molecule has 0 fully saturated rings. The predicted octanol–water partition coefficient (Wildman–Crippen LogP) is 3.46. The molecule has 2 aromatic rings. The number of aryl methyl sites for hydroxylation is 1. The van der Waals surface area contributed by atoms with E-state index in [0.717, 1.165) is 28.1 Å². The zero-order chi connectivity index (χ0) is 15.0. The molecule has 1 amide bonds. The van der Waals surface area contributed by atoms with Crippen molar-refractivity contribution in [2.24, 2.45) is 4.99 Å². The summed E-state index contributed by atoms with van der Waals surface area (Å²) in [5.74, 6) is -0.0266. The number of carbonyl (C=O) groups is 1. The van der Waals surface area contributed by atoms with Gasteiger partial charge in [-0.1, -0.05) is 35.4 Å². The van der Waals surface area contributed by atoms with Crippen LogP contribution in [-0.4, -0.2) is 25.2 Å². The van der Waals surface area contributed by atoms with E-state index in [4.69, 9.17) is 11.6 Å². The second-order valence-corrected chi connectivity index (χ2v) is 5.58. The number of likely N-dealkylation sites (N-methyl/N-ethyl adjacent to an activating group) is 1. The van der Waals surface area contributed by atoms with E-state index in [1.54, 1.807) is 18.0 Å². The van der Waals surface area contributed by atoms with Crippen LogP contribution in [0.5, 0.6) is 0 Å². The van der Waals surface area contributed by atoms with Crippen LogP contribution in [-0.2, 0) is 4.79 Å². The summed E-state index contributed by atoms with van der Waals surface area (Å²) in [5.41, 5.74) is 4.70. The summed E-state index contributed by atoms with van der Waals surface area (Å²) >= 11 is 6.14. The molecule has 0 bridgehead atoms. The summed E-state index contributed by atoms with van der Waals surface area (Å²) in [6.07, 6.45) is 0. The van der Waals surface area contributed by atoms with Crippen LogP contribution in [0.4, 0.5) is 5.69 Å². The Labute approximate surface area is 128 Å². The maximum Gasteiger partial charge on any atom is 0.248 e. The summed E-state index contributed by atoms with van der Waals surface area (Å²) in [4.78, 5) is 18.2. The van der Waals surface area contributed by atoms with Crippen molar-refractivity contribution in [2.75, 3.05) is 18.5 Å². The molecule has 1 aliphatic rings. The first kappa shape index (κ1) is 13.8. The number of hydrogen-bond donors (Lipinski definition) is 0. The highest BCUT2D eigenvalue weighted by molar-refractivity contribution is 6.32. The van der Waals surface area contributed by atoms with Gasteiger partial charge in [-0.2, -0.15) is 0 Å². The monoisotopic (exact) mass is 298 g/mol. The minimum absolute atomic E-state index is 0.0266. The molecule has 1 heterocycles. The molecule has 0 N–H and O–H groups in total. The summed E-state index contributed by atoms with van der Waals surface area (Å²) < 4.78 is 0. The molecule has 0 aliphatic carbocycles. The van der Waals surface area contributed by atoms with E-state index < -0.39 is 0 Å². The molecule has 0 saturated carbocycles. The second kappa shape index (κ2) is 5.34. The highest BCUT2D eigenvalue weighted by Gasteiger charge is 2.22. The van der Waals surface area contributed by atoms with Crippen molar-refractivity contribution in [2.45, 2.75) is 6.92 Å². The number of halogens is 1.